The summed E-state index contributed by atoms with van der Waals surface area (Å²) in [6, 6.07) is 6.94. The van der Waals surface area contributed by atoms with Crippen molar-refractivity contribution in [3.8, 4) is 5.75 Å². The van der Waals surface area contributed by atoms with Crippen LogP contribution in [0.3, 0.4) is 0 Å². The number of fused-ring (bicyclic) bond motifs is 1. The van der Waals surface area contributed by atoms with Gasteiger partial charge in [-0.2, -0.15) is 5.10 Å². The van der Waals surface area contributed by atoms with Gasteiger partial charge in [0.1, 0.15) is 11.6 Å². The summed E-state index contributed by atoms with van der Waals surface area (Å²) in [7, 11) is 0. The van der Waals surface area contributed by atoms with Crippen LogP contribution in [0.15, 0.2) is 35.6 Å². The van der Waals surface area contributed by atoms with Gasteiger partial charge in [0.2, 0.25) is 0 Å². The molecule has 10 heteroatoms. The zero-order valence-electron chi connectivity index (χ0n) is 20.4. The molecular formula is C24H33ClN6O2S. The van der Waals surface area contributed by atoms with Gasteiger partial charge >= 0.3 is 0 Å². The molecule has 34 heavy (non-hydrogen) atoms. The summed E-state index contributed by atoms with van der Waals surface area (Å²) in [4.78, 5) is 22.2. The van der Waals surface area contributed by atoms with E-state index in [0.29, 0.717) is 29.8 Å². The lowest BCUT2D eigenvalue weighted by Crippen LogP contribution is -2.47. The van der Waals surface area contributed by atoms with E-state index in [1.165, 1.54) is 0 Å². The number of carbonyl (C=O) groups is 1. The smallest absolute Gasteiger partial charge is 0.263 e. The molecule has 8 nitrogen and oxygen atoms in total. The zero-order valence-corrected chi connectivity index (χ0v) is 22.0. The van der Waals surface area contributed by atoms with Gasteiger partial charge in [-0.15, -0.1) is 0 Å². The molecule has 184 valence electrons. The highest BCUT2D eigenvalue weighted by Gasteiger charge is 2.29. The minimum Gasteiger partial charge on any atom is -0.478 e. The van der Waals surface area contributed by atoms with Gasteiger partial charge in [0.05, 0.1) is 18.1 Å². The van der Waals surface area contributed by atoms with E-state index in [2.05, 4.69) is 36.5 Å². The Hall–Kier alpha value is -2.52. The van der Waals surface area contributed by atoms with Gasteiger partial charge in [-0.25, -0.2) is 14.6 Å². The van der Waals surface area contributed by atoms with Crippen LogP contribution in [-0.2, 0) is 11.3 Å². The molecule has 3 aromatic rings. The highest BCUT2D eigenvalue weighted by Crippen LogP contribution is 2.25. The van der Waals surface area contributed by atoms with Gasteiger partial charge < -0.3 is 15.4 Å². The first-order valence-electron chi connectivity index (χ1n) is 11.5. The van der Waals surface area contributed by atoms with Crippen LogP contribution < -0.4 is 15.4 Å². The molecule has 2 N–H and O–H groups in total. The average Bonchev–Trinajstić information content (AvgIpc) is 3.20. The maximum Gasteiger partial charge on any atom is 0.263 e. The number of halogens is 1. The first-order valence-corrected chi connectivity index (χ1v) is 12.9. The Morgan fingerprint density at radius 3 is 2.65 bits per heavy atom. The number of thioether (sulfide) groups is 1. The summed E-state index contributed by atoms with van der Waals surface area (Å²) in [6.45, 7) is 11.6. The third-order valence-corrected chi connectivity index (χ3v) is 6.24. The fourth-order valence-corrected chi connectivity index (χ4v) is 3.94. The van der Waals surface area contributed by atoms with E-state index in [9.17, 15) is 4.79 Å². The number of nitrogens with one attached hydrogen (secondary N) is 2. The Morgan fingerprint density at radius 2 is 1.97 bits per heavy atom. The SMILES string of the molecule is CCCSc1nc(NCC(C)C)c2cnn(CCNC(=O)C(C)(C)Oc3ccc(Cl)cc3)c2n1. The van der Waals surface area contributed by atoms with E-state index in [1.54, 1.807) is 60.8 Å². The first-order chi connectivity index (χ1) is 16.2. The van der Waals surface area contributed by atoms with E-state index in [4.69, 9.17) is 26.3 Å². The van der Waals surface area contributed by atoms with Crippen molar-refractivity contribution >= 4 is 46.1 Å². The first kappa shape index (κ1) is 26.1. The monoisotopic (exact) mass is 504 g/mol. The third-order valence-electron chi connectivity index (χ3n) is 4.93. The summed E-state index contributed by atoms with van der Waals surface area (Å²) < 4.78 is 7.67. The molecule has 0 fully saturated rings. The molecule has 0 aliphatic heterocycles. The number of rotatable bonds is 12. The van der Waals surface area contributed by atoms with Gasteiger partial charge in [-0.05, 0) is 50.5 Å². The fraction of sp³-hybridized carbons (Fsp3) is 0.500. The molecule has 1 amide bonds. The van der Waals surface area contributed by atoms with Crippen molar-refractivity contribution in [3.05, 3.63) is 35.5 Å². The number of aromatic nitrogens is 4. The number of amides is 1. The Morgan fingerprint density at radius 1 is 1.24 bits per heavy atom. The van der Waals surface area contributed by atoms with Crippen LogP contribution in [0.4, 0.5) is 5.82 Å². The summed E-state index contributed by atoms with van der Waals surface area (Å²) in [5, 5.41) is 13.1. The molecule has 2 aromatic heterocycles. The molecule has 0 saturated carbocycles. The molecule has 0 spiro atoms. The fourth-order valence-electron chi connectivity index (χ4n) is 3.12. The Kier molecular flexibility index (Phi) is 9.02. The Labute approximate surface area is 210 Å². The number of benzene rings is 1. The van der Waals surface area contributed by atoms with Crippen LogP contribution in [0.25, 0.3) is 11.0 Å². The van der Waals surface area contributed by atoms with Crippen LogP contribution in [-0.4, -0.2) is 50.1 Å². The quantitative estimate of drug-likeness (QED) is 0.264. The standard InChI is InChI=1S/C24H33ClN6O2S/c1-6-13-34-23-29-20(27-14-16(2)3)19-15-28-31(21(19)30-23)12-11-26-22(32)24(4,5)33-18-9-7-17(25)8-10-18/h7-10,15-16H,6,11-14H2,1-5H3,(H,26,32)(H,27,29,30). The molecular weight excluding hydrogens is 472 g/mol. The maximum atomic E-state index is 12.8. The molecule has 0 atom stereocenters. The molecule has 0 unspecified atom stereocenters. The molecule has 1 aromatic carbocycles. The average molecular weight is 505 g/mol. The van der Waals surface area contributed by atoms with E-state index < -0.39 is 5.60 Å². The normalized spacial score (nSPS) is 11.7. The summed E-state index contributed by atoms with van der Waals surface area (Å²) in [5.41, 5.74) is -0.286. The molecule has 0 aliphatic carbocycles. The molecule has 2 heterocycles. The van der Waals surface area contributed by atoms with Crippen molar-refractivity contribution in [2.45, 2.75) is 58.3 Å². The van der Waals surface area contributed by atoms with Gasteiger partial charge in [0.25, 0.3) is 5.91 Å². The number of hydrogen-bond acceptors (Lipinski definition) is 7. The topological polar surface area (TPSA) is 94.0 Å². The van der Waals surface area contributed by atoms with E-state index in [-0.39, 0.29) is 5.91 Å². The van der Waals surface area contributed by atoms with Gasteiger partial charge in [-0.1, -0.05) is 44.1 Å². The predicted octanol–water partition coefficient (Wildman–Crippen LogP) is 5.02. The molecule has 3 rings (SSSR count). The van der Waals surface area contributed by atoms with Crippen LogP contribution >= 0.6 is 23.4 Å². The second kappa shape index (κ2) is 11.8. The van der Waals surface area contributed by atoms with Crippen molar-refractivity contribution in [2.75, 3.05) is 24.2 Å². The lowest BCUT2D eigenvalue weighted by Gasteiger charge is -2.25. The maximum absolute atomic E-state index is 12.8. The van der Waals surface area contributed by atoms with Crippen molar-refractivity contribution in [1.29, 1.82) is 0 Å². The molecule has 0 aliphatic rings. The largest absolute Gasteiger partial charge is 0.478 e. The Balaban J connectivity index is 1.68. The Bertz CT molecular complexity index is 1100. The molecule has 0 saturated heterocycles. The minimum atomic E-state index is -1.04. The third kappa shape index (κ3) is 6.99. The summed E-state index contributed by atoms with van der Waals surface area (Å²) in [6.07, 6.45) is 2.82. The number of ether oxygens (including phenoxy) is 1. The van der Waals surface area contributed by atoms with Crippen LogP contribution in [0.2, 0.25) is 5.02 Å². The van der Waals surface area contributed by atoms with Crippen LogP contribution in [0.5, 0.6) is 5.75 Å². The van der Waals surface area contributed by atoms with Gasteiger partial charge in [0, 0.05) is 23.9 Å². The highest BCUT2D eigenvalue weighted by molar-refractivity contribution is 7.99. The van der Waals surface area contributed by atoms with Gasteiger partial charge in [-0.3, -0.25) is 4.79 Å². The van der Waals surface area contributed by atoms with Crippen molar-refractivity contribution in [2.24, 2.45) is 5.92 Å². The van der Waals surface area contributed by atoms with Crippen molar-refractivity contribution < 1.29 is 9.53 Å². The van der Waals surface area contributed by atoms with Crippen molar-refractivity contribution in [3.63, 3.8) is 0 Å². The van der Waals surface area contributed by atoms with Crippen LogP contribution in [0.1, 0.15) is 41.0 Å². The van der Waals surface area contributed by atoms with E-state index >= 15 is 0 Å². The highest BCUT2D eigenvalue weighted by atomic mass is 35.5. The minimum absolute atomic E-state index is 0.216. The molecule has 0 radical (unpaired) electrons. The predicted molar refractivity (Wildman–Crippen MR) is 139 cm³/mol. The van der Waals surface area contributed by atoms with Crippen molar-refractivity contribution in [1.82, 2.24) is 25.1 Å². The second-order valence-electron chi connectivity index (χ2n) is 8.91. The summed E-state index contributed by atoms with van der Waals surface area (Å²) in [5.74, 6) is 2.59. The van der Waals surface area contributed by atoms with Crippen LogP contribution in [0, 0.1) is 5.92 Å². The number of hydrogen-bond donors (Lipinski definition) is 2. The molecule has 0 bridgehead atoms. The van der Waals surface area contributed by atoms with Gasteiger partial charge in [0.15, 0.2) is 16.4 Å². The number of carbonyl (C=O) groups excluding carboxylic acids is 1. The lowest BCUT2D eigenvalue weighted by molar-refractivity contribution is -0.134. The summed E-state index contributed by atoms with van der Waals surface area (Å²) >= 11 is 7.55. The zero-order chi connectivity index (χ0) is 24.7. The lowest BCUT2D eigenvalue weighted by atomic mass is 10.1. The van der Waals surface area contributed by atoms with E-state index in [1.807, 2.05) is 0 Å². The second-order valence-corrected chi connectivity index (χ2v) is 10.4. The number of anilines is 1. The number of nitrogens with zero attached hydrogens (tertiary/aromatic N) is 4. The van der Waals surface area contributed by atoms with E-state index in [0.717, 1.165) is 40.7 Å².